The van der Waals surface area contributed by atoms with Crippen molar-refractivity contribution >= 4 is 5.91 Å². The highest BCUT2D eigenvalue weighted by atomic mass is 16.3. The van der Waals surface area contributed by atoms with Crippen LogP contribution in [0.5, 0.6) is 0 Å². The molecule has 20 heavy (non-hydrogen) atoms. The summed E-state index contributed by atoms with van der Waals surface area (Å²) in [6.07, 6.45) is 1.65. The van der Waals surface area contributed by atoms with E-state index in [0.29, 0.717) is 6.04 Å². The van der Waals surface area contributed by atoms with Gasteiger partial charge in [-0.1, -0.05) is 0 Å². The smallest absolute Gasteiger partial charge is 0.219 e. The minimum absolute atomic E-state index is 0.164. The first-order valence-corrected chi connectivity index (χ1v) is 7.90. The lowest BCUT2D eigenvalue weighted by molar-refractivity contribution is -0.131. The van der Waals surface area contributed by atoms with Crippen LogP contribution in [0.4, 0.5) is 0 Å². The maximum atomic E-state index is 11.4. The van der Waals surface area contributed by atoms with Crippen molar-refractivity contribution in [3.63, 3.8) is 0 Å². The van der Waals surface area contributed by atoms with E-state index in [1.165, 1.54) is 0 Å². The van der Waals surface area contributed by atoms with Crippen molar-refractivity contribution in [1.82, 2.24) is 14.7 Å². The van der Waals surface area contributed by atoms with Crippen LogP contribution in [0.25, 0.3) is 0 Å². The predicted octanol–water partition coefficient (Wildman–Crippen LogP) is 0.384. The molecule has 2 saturated heterocycles. The summed E-state index contributed by atoms with van der Waals surface area (Å²) in [6.45, 7) is 11.5. The highest BCUT2D eigenvalue weighted by molar-refractivity contribution is 5.73. The minimum atomic E-state index is -0.234. The zero-order valence-corrected chi connectivity index (χ0v) is 13.1. The third-order valence-electron chi connectivity index (χ3n) is 4.83. The van der Waals surface area contributed by atoms with E-state index in [1.54, 1.807) is 6.92 Å². The number of hydrogen-bond donors (Lipinski definition) is 1. The molecule has 0 aromatic carbocycles. The minimum Gasteiger partial charge on any atom is -0.391 e. The fourth-order valence-electron chi connectivity index (χ4n) is 3.40. The maximum absolute atomic E-state index is 11.4. The molecule has 2 atom stereocenters. The van der Waals surface area contributed by atoms with Gasteiger partial charge >= 0.3 is 0 Å². The third-order valence-corrected chi connectivity index (χ3v) is 4.83. The Morgan fingerprint density at radius 2 is 1.65 bits per heavy atom. The van der Waals surface area contributed by atoms with Gasteiger partial charge in [0.2, 0.25) is 5.91 Å². The molecule has 116 valence electrons. The largest absolute Gasteiger partial charge is 0.391 e. The summed E-state index contributed by atoms with van der Waals surface area (Å²) in [5.74, 6) is 0.164. The number of rotatable bonds is 2. The fraction of sp³-hybridized carbons (Fsp3) is 0.933. The second-order valence-corrected chi connectivity index (χ2v) is 6.38. The van der Waals surface area contributed by atoms with Gasteiger partial charge in [-0.3, -0.25) is 9.69 Å². The molecular weight excluding hydrogens is 254 g/mol. The topological polar surface area (TPSA) is 47.0 Å². The van der Waals surface area contributed by atoms with Gasteiger partial charge in [0.25, 0.3) is 0 Å². The zero-order chi connectivity index (χ0) is 14.7. The Balaban J connectivity index is 1.90. The molecule has 1 amide bonds. The molecule has 0 radical (unpaired) electrons. The van der Waals surface area contributed by atoms with Gasteiger partial charge in [0.1, 0.15) is 0 Å². The highest BCUT2D eigenvalue weighted by Crippen LogP contribution is 2.20. The molecule has 2 fully saturated rings. The van der Waals surface area contributed by atoms with Crippen molar-refractivity contribution in [3.8, 4) is 0 Å². The fourth-order valence-corrected chi connectivity index (χ4v) is 3.40. The lowest BCUT2D eigenvalue weighted by Crippen LogP contribution is -2.54. The molecule has 0 aromatic heterocycles. The quantitative estimate of drug-likeness (QED) is 0.796. The van der Waals surface area contributed by atoms with Crippen LogP contribution in [0.2, 0.25) is 0 Å². The van der Waals surface area contributed by atoms with Gasteiger partial charge in [-0.15, -0.1) is 0 Å². The molecule has 0 aromatic rings. The summed E-state index contributed by atoms with van der Waals surface area (Å²) in [5.41, 5.74) is 0. The van der Waals surface area contributed by atoms with Crippen molar-refractivity contribution in [3.05, 3.63) is 0 Å². The van der Waals surface area contributed by atoms with Crippen LogP contribution in [0.1, 0.15) is 33.6 Å². The second kappa shape index (κ2) is 6.87. The van der Waals surface area contributed by atoms with Gasteiger partial charge in [0, 0.05) is 51.7 Å². The van der Waals surface area contributed by atoms with E-state index in [-0.39, 0.29) is 18.1 Å². The van der Waals surface area contributed by atoms with E-state index in [0.717, 1.165) is 52.1 Å². The van der Waals surface area contributed by atoms with E-state index in [9.17, 15) is 9.90 Å². The van der Waals surface area contributed by atoms with Crippen LogP contribution < -0.4 is 0 Å². The molecule has 0 saturated carbocycles. The Bertz CT molecular complexity index is 327. The summed E-state index contributed by atoms with van der Waals surface area (Å²) in [4.78, 5) is 18.1. The Morgan fingerprint density at radius 1 is 1.05 bits per heavy atom. The Morgan fingerprint density at radius 3 is 2.20 bits per heavy atom. The van der Waals surface area contributed by atoms with Crippen LogP contribution in [0.15, 0.2) is 0 Å². The van der Waals surface area contributed by atoms with E-state index >= 15 is 0 Å². The number of hydrogen-bond acceptors (Lipinski definition) is 4. The summed E-state index contributed by atoms with van der Waals surface area (Å²) < 4.78 is 0. The average molecular weight is 283 g/mol. The molecule has 5 heteroatoms. The number of aliphatic hydroxyl groups is 1. The first kappa shape index (κ1) is 15.7. The lowest BCUT2D eigenvalue weighted by atomic mass is 10.0. The van der Waals surface area contributed by atoms with Crippen LogP contribution in [0, 0.1) is 0 Å². The van der Waals surface area contributed by atoms with E-state index in [4.69, 9.17) is 0 Å². The van der Waals surface area contributed by atoms with Crippen molar-refractivity contribution in [1.29, 1.82) is 0 Å². The van der Waals surface area contributed by atoms with Crippen LogP contribution in [-0.4, -0.2) is 83.2 Å². The maximum Gasteiger partial charge on any atom is 0.219 e. The van der Waals surface area contributed by atoms with Gasteiger partial charge in [-0.2, -0.15) is 0 Å². The van der Waals surface area contributed by atoms with E-state index < -0.39 is 0 Å². The molecule has 2 aliphatic rings. The Hall–Kier alpha value is -0.650. The SMILES string of the molecule is CC(=O)N1CCN([C@H]2CCN(C(C)C)CC[C@@H]2O)CC1. The lowest BCUT2D eigenvalue weighted by Gasteiger charge is -2.40. The van der Waals surface area contributed by atoms with Crippen molar-refractivity contribution in [2.45, 2.75) is 51.8 Å². The number of carbonyl (C=O) groups is 1. The van der Waals surface area contributed by atoms with Gasteiger partial charge in [-0.05, 0) is 33.2 Å². The number of nitrogens with zero attached hydrogens (tertiary/aromatic N) is 3. The molecule has 0 spiro atoms. The Kier molecular flexibility index (Phi) is 5.41. The summed E-state index contributed by atoms with van der Waals surface area (Å²) >= 11 is 0. The van der Waals surface area contributed by atoms with Gasteiger partial charge in [0.05, 0.1) is 6.10 Å². The van der Waals surface area contributed by atoms with Crippen molar-refractivity contribution in [2.75, 3.05) is 39.3 Å². The first-order chi connectivity index (χ1) is 9.49. The molecule has 1 N–H and O–H groups in total. The number of amides is 1. The normalized spacial score (nSPS) is 30.6. The monoisotopic (exact) mass is 283 g/mol. The van der Waals surface area contributed by atoms with E-state index in [2.05, 4.69) is 23.6 Å². The molecular formula is C15H29N3O2. The molecule has 2 rings (SSSR count). The summed E-state index contributed by atoms with van der Waals surface area (Å²) in [5, 5.41) is 10.4. The summed E-state index contributed by atoms with van der Waals surface area (Å²) in [6, 6.07) is 0.809. The molecule has 2 aliphatic heterocycles. The number of likely N-dealkylation sites (tertiary alicyclic amines) is 1. The first-order valence-electron chi connectivity index (χ1n) is 7.90. The number of aliphatic hydroxyl groups excluding tert-OH is 1. The highest BCUT2D eigenvalue weighted by Gasteiger charge is 2.32. The van der Waals surface area contributed by atoms with Crippen molar-refractivity contribution < 1.29 is 9.90 Å². The van der Waals surface area contributed by atoms with Crippen LogP contribution >= 0.6 is 0 Å². The number of piperazine rings is 1. The average Bonchev–Trinajstić information content (AvgIpc) is 2.61. The van der Waals surface area contributed by atoms with Crippen LogP contribution in [0.3, 0.4) is 0 Å². The summed E-state index contributed by atoms with van der Waals surface area (Å²) in [7, 11) is 0. The standard InChI is InChI=1S/C15H29N3O2/c1-12(2)16-6-4-14(15(20)5-7-16)18-10-8-17(9-11-18)13(3)19/h12,14-15,20H,4-11H2,1-3H3/t14-,15-/m0/s1. The molecule has 2 heterocycles. The molecule has 0 bridgehead atoms. The molecule has 0 aliphatic carbocycles. The van der Waals surface area contributed by atoms with Gasteiger partial charge < -0.3 is 14.9 Å². The van der Waals surface area contributed by atoms with Gasteiger partial charge in [0.15, 0.2) is 0 Å². The van der Waals surface area contributed by atoms with Crippen molar-refractivity contribution in [2.24, 2.45) is 0 Å². The number of carbonyl (C=O) groups excluding carboxylic acids is 1. The second-order valence-electron chi connectivity index (χ2n) is 6.38. The molecule has 0 unspecified atom stereocenters. The van der Waals surface area contributed by atoms with Gasteiger partial charge in [-0.25, -0.2) is 0 Å². The van der Waals surface area contributed by atoms with Crippen LogP contribution in [-0.2, 0) is 4.79 Å². The Labute approximate surface area is 122 Å². The van der Waals surface area contributed by atoms with E-state index in [1.807, 2.05) is 4.90 Å². The third kappa shape index (κ3) is 3.71. The predicted molar refractivity (Wildman–Crippen MR) is 79.6 cm³/mol. The molecule has 5 nitrogen and oxygen atoms in total. The zero-order valence-electron chi connectivity index (χ0n) is 13.1.